The van der Waals surface area contributed by atoms with Crippen LogP contribution >= 0.6 is 11.3 Å². The Bertz CT molecular complexity index is 389. The number of carboxylic acid groups (broad SMARTS) is 1. The van der Waals surface area contributed by atoms with E-state index >= 15 is 0 Å². The molecular weight excluding hydrogens is 226 g/mol. The van der Waals surface area contributed by atoms with Gasteiger partial charge in [-0.05, 0) is 25.0 Å². The van der Waals surface area contributed by atoms with E-state index in [-0.39, 0.29) is 0 Å². The second-order valence-corrected chi connectivity index (χ2v) is 4.97. The molecule has 0 spiro atoms. The molecular formula is C11H15NO3S. The van der Waals surface area contributed by atoms with Crippen molar-refractivity contribution in [2.45, 2.75) is 26.5 Å². The molecule has 0 atom stereocenters. The van der Waals surface area contributed by atoms with E-state index < -0.39 is 6.09 Å². The molecule has 2 rings (SSSR count). The van der Waals surface area contributed by atoms with Crippen molar-refractivity contribution in [2.24, 2.45) is 0 Å². The lowest BCUT2D eigenvalue weighted by Crippen LogP contribution is -2.33. The van der Waals surface area contributed by atoms with Gasteiger partial charge in [-0.3, -0.25) is 0 Å². The fourth-order valence-corrected chi connectivity index (χ4v) is 2.99. The van der Waals surface area contributed by atoms with E-state index in [0.29, 0.717) is 26.3 Å². The lowest BCUT2D eigenvalue weighted by molar-refractivity contribution is 0.136. The van der Waals surface area contributed by atoms with Gasteiger partial charge in [-0.1, -0.05) is 0 Å². The van der Waals surface area contributed by atoms with Gasteiger partial charge in [-0.2, -0.15) is 0 Å². The molecule has 1 amide bonds. The maximum atomic E-state index is 10.8. The second kappa shape index (κ2) is 4.84. The first-order valence-electron chi connectivity index (χ1n) is 5.36. The average Bonchev–Trinajstić information content (AvgIpc) is 2.67. The van der Waals surface area contributed by atoms with Crippen LogP contribution in [-0.4, -0.2) is 29.3 Å². The summed E-state index contributed by atoms with van der Waals surface area (Å²) in [5, 5.41) is 8.92. The molecule has 88 valence electrons. The molecule has 16 heavy (non-hydrogen) atoms. The Kier molecular flexibility index (Phi) is 3.46. The van der Waals surface area contributed by atoms with Gasteiger partial charge in [0.2, 0.25) is 0 Å². The predicted molar refractivity (Wildman–Crippen MR) is 61.8 cm³/mol. The third-order valence-electron chi connectivity index (χ3n) is 2.65. The van der Waals surface area contributed by atoms with Crippen LogP contribution in [0.3, 0.4) is 0 Å². The molecule has 0 saturated heterocycles. The fourth-order valence-electron chi connectivity index (χ4n) is 1.82. The molecule has 0 aliphatic carbocycles. The van der Waals surface area contributed by atoms with Crippen molar-refractivity contribution in [1.29, 1.82) is 0 Å². The molecule has 0 radical (unpaired) electrons. The number of nitrogens with zero attached hydrogens (tertiary/aromatic N) is 1. The van der Waals surface area contributed by atoms with Crippen LogP contribution in [0.4, 0.5) is 4.79 Å². The number of hydrogen-bond donors (Lipinski definition) is 1. The molecule has 1 aromatic heterocycles. The number of rotatable bonds is 3. The topological polar surface area (TPSA) is 49.8 Å². The maximum absolute atomic E-state index is 10.8. The quantitative estimate of drug-likeness (QED) is 0.883. The van der Waals surface area contributed by atoms with Crippen LogP contribution in [0, 0.1) is 0 Å². The highest BCUT2D eigenvalue weighted by atomic mass is 32.1. The van der Waals surface area contributed by atoms with Crippen molar-refractivity contribution < 1.29 is 14.6 Å². The Morgan fingerprint density at radius 2 is 2.50 bits per heavy atom. The Morgan fingerprint density at radius 3 is 3.19 bits per heavy atom. The summed E-state index contributed by atoms with van der Waals surface area (Å²) in [4.78, 5) is 14.7. The van der Waals surface area contributed by atoms with Crippen LogP contribution in [0.1, 0.15) is 22.2 Å². The minimum atomic E-state index is -0.828. The number of amides is 1. The number of hydrogen-bond acceptors (Lipinski definition) is 3. The van der Waals surface area contributed by atoms with Gasteiger partial charge in [0.25, 0.3) is 0 Å². The highest BCUT2D eigenvalue weighted by molar-refractivity contribution is 7.12. The molecule has 0 fully saturated rings. The largest absolute Gasteiger partial charge is 0.465 e. The van der Waals surface area contributed by atoms with Crippen LogP contribution in [0.15, 0.2) is 6.07 Å². The first-order chi connectivity index (χ1) is 7.70. The number of ether oxygens (including phenoxy) is 1. The van der Waals surface area contributed by atoms with Crippen LogP contribution in [-0.2, 0) is 24.3 Å². The molecule has 0 unspecified atom stereocenters. The molecule has 0 saturated carbocycles. The minimum absolute atomic E-state index is 0.529. The molecule has 1 aliphatic heterocycles. The zero-order valence-electron chi connectivity index (χ0n) is 9.23. The van der Waals surface area contributed by atoms with E-state index in [0.717, 1.165) is 6.42 Å². The maximum Gasteiger partial charge on any atom is 0.407 e. The van der Waals surface area contributed by atoms with Crippen molar-refractivity contribution >= 4 is 17.4 Å². The van der Waals surface area contributed by atoms with Crippen molar-refractivity contribution in [2.75, 3.05) is 13.2 Å². The van der Waals surface area contributed by atoms with Gasteiger partial charge >= 0.3 is 6.09 Å². The number of thiophene rings is 1. The lowest BCUT2D eigenvalue weighted by Gasteiger charge is -2.23. The van der Waals surface area contributed by atoms with E-state index in [1.807, 2.05) is 6.92 Å². The summed E-state index contributed by atoms with van der Waals surface area (Å²) in [5.74, 6) is 0. The molecule has 0 bridgehead atoms. The SMILES string of the molecule is CCOCc1cc2c(s1)CN(C(=O)O)CC2. The average molecular weight is 241 g/mol. The summed E-state index contributed by atoms with van der Waals surface area (Å²) in [6, 6.07) is 2.15. The van der Waals surface area contributed by atoms with Gasteiger partial charge in [0.1, 0.15) is 0 Å². The summed E-state index contributed by atoms with van der Waals surface area (Å²) in [5.41, 5.74) is 1.29. The van der Waals surface area contributed by atoms with E-state index in [9.17, 15) is 4.79 Å². The van der Waals surface area contributed by atoms with Gasteiger partial charge in [0.15, 0.2) is 0 Å². The summed E-state index contributed by atoms with van der Waals surface area (Å²) in [6.45, 7) is 4.46. The second-order valence-electron chi connectivity index (χ2n) is 3.75. The summed E-state index contributed by atoms with van der Waals surface area (Å²) >= 11 is 1.67. The van der Waals surface area contributed by atoms with E-state index in [1.54, 1.807) is 11.3 Å². The molecule has 5 heteroatoms. The Balaban J connectivity index is 2.07. The molecule has 2 heterocycles. The smallest absolute Gasteiger partial charge is 0.407 e. The van der Waals surface area contributed by atoms with E-state index in [4.69, 9.17) is 9.84 Å². The first-order valence-corrected chi connectivity index (χ1v) is 6.18. The van der Waals surface area contributed by atoms with E-state index in [1.165, 1.54) is 20.2 Å². The standard InChI is InChI=1S/C11H15NO3S/c1-2-15-7-9-5-8-3-4-12(11(13)14)6-10(8)16-9/h5H,2-4,6-7H2,1H3,(H,13,14). The summed E-state index contributed by atoms with van der Waals surface area (Å²) in [7, 11) is 0. The van der Waals surface area contributed by atoms with Crippen LogP contribution in [0.5, 0.6) is 0 Å². The molecule has 1 aliphatic rings. The highest BCUT2D eigenvalue weighted by Crippen LogP contribution is 2.28. The zero-order valence-corrected chi connectivity index (χ0v) is 10.0. The van der Waals surface area contributed by atoms with E-state index in [2.05, 4.69) is 6.07 Å². The van der Waals surface area contributed by atoms with Crippen LogP contribution < -0.4 is 0 Å². The first kappa shape index (κ1) is 11.4. The predicted octanol–water partition coefficient (Wildman–Crippen LogP) is 2.32. The van der Waals surface area contributed by atoms with Crippen LogP contribution in [0.25, 0.3) is 0 Å². The monoisotopic (exact) mass is 241 g/mol. The normalized spacial score (nSPS) is 14.9. The van der Waals surface area contributed by atoms with Crippen molar-refractivity contribution in [1.82, 2.24) is 4.90 Å². The van der Waals surface area contributed by atoms with Gasteiger partial charge < -0.3 is 14.7 Å². The number of carbonyl (C=O) groups is 1. The molecule has 0 aromatic carbocycles. The molecule has 4 nitrogen and oxygen atoms in total. The third kappa shape index (κ3) is 2.36. The van der Waals surface area contributed by atoms with Gasteiger partial charge in [0.05, 0.1) is 13.2 Å². The minimum Gasteiger partial charge on any atom is -0.465 e. The number of fused-ring (bicyclic) bond motifs is 1. The highest BCUT2D eigenvalue weighted by Gasteiger charge is 2.22. The van der Waals surface area contributed by atoms with Gasteiger partial charge in [-0.15, -0.1) is 11.3 Å². The summed E-state index contributed by atoms with van der Waals surface area (Å²) in [6.07, 6.45) is -0.00466. The van der Waals surface area contributed by atoms with Gasteiger partial charge in [0, 0.05) is 22.9 Å². The molecule has 1 N–H and O–H groups in total. The van der Waals surface area contributed by atoms with Crippen molar-refractivity contribution in [3.8, 4) is 0 Å². The third-order valence-corrected chi connectivity index (χ3v) is 3.79. The van der Waals surface area contributed by atoms with Gasteiger partial charge in [-0.25, -0.2) is 4.79 Å². The van der Waals surface area contributed by atoms with Crippen molar-refractivity contribution in [3.63, 3.8) is 0 Å². The lowest BCUT2D eigenvalue weighted by atomic mass is 10.1. The Morgan fingerprint density at radius 1 is 1.69 bits per heavy atom. The van der Waals surface area contributed by atoms with Crippen molar-refractivity contribution in [3.05, 3.63) is 21.4 Å². The zero-order chi connectivity index (χ0) is 11.5. The summed E-state index contributed by atoms with van der Waals surface area (Å²) < 4.78 is 5.35. The Hall–Kier alpha value is -1.07. The fraction of sp³-hybridized carbons (Fsp3) is 0.545. The van der Waals surface area contributed by atoms with Crippen LogP contribution in [0.2, 0.25) is 0 Å². The molecule has 1 aromatic rings. The Labute approximate surface area is 98.4 Å².